The molecule has 0 bridgehead atoms. The van der Waals surface area contributed by atoms with Gasteiger partial charge < -0.3 is 9.80 Å². The predicted molar refractivity (Wildman–Crippen MR) is 69.0 cm³/mol. The first-order chi connectivity index (χ1) is 9.11. The van der Waals surface area contributed by atoms with Gasteiger partial charge in [0.2, 0.25) is 11.8 Å². The molecule has 0 unspecified atom stereocenters. The van der Waals surface area contributed by atoms with Crippen LogP contribution in [0.5, 0.6) is 0 Å². The van der Waals surface area contributed by atoms with Gasteiger partial charge in [-0.1, -0.05) is 0 Å². The molecule has 2 aliphatic heterocycles. The number of carbonyl (C=O) groups excluding carboxylic acids is 2. The summed E-state index contributed by atoms with van der Waals surface area (Å²) in [7, 11) is 0. The van der Waals surface area contributed by atoms with Gasteiger partial charge in [0, 0.05) is 39.6 Å². The number of hydrogen-bond donors (Lipinski definition) is 0. The van der Waals surface area contributed by atoms with Crippen molar-refractivity contribution in [2.45, 2.75) is 25.8 Å². The Labute approximate surface area is 113 Å². The van der Waals surface area contributed by atoms with Crippen LogP contribution in [0.15, 0.2) is 0 Å². The average Bonchev–Trinajstić information content (AvgIpc) is 2.87. The Hall–Kier alpha value is -1.61. The lowest BCUT2D eigenvalue weighted by atomic mass is 10.2. The molecule has 0 N–H and O–H groups in total. The van der Waals surface area contributed by atoms with Crippen molar-refractivity contribution in [1.29, 1.82) is 5.26 Å². The van der Waals surface area contributed by atoms with Gasteiger partial charge in [-0.3, -0.25) is 14.5 Å². The highest BCUT2D eigenvalue weighted by Crippen LogP contribution is 2.17. The molecule has 0 saturated carbocycles. The second kappa shape index (κ2) is 6.02. The maximum atomic E-state index is 12.2. The van der Waals surface area contributed by atoms with E-state index in [4.69, 9.17) is 5.26 Å². The van der Waals surface area contributed by atoms with E-state index in [-0.39, 0.29) is 17.9 Å². The molecule has 0 aromatic heterocycles. The second-order valence-electron chi connectivity index (χ2n) is 5.16. The lowest BCUT2D eigenvalue weighted by Crippen LogP contribution is -2.51. The summed E-state index contributed by atoms with van der Waals surface area (Å²) < 4.78 is 0. The summed E-state index contributed by atoms with van der Waals surface area (Å²) in [5.41, 5.74) is 0. The third kappa shape index (κ3) is 3.24. The minimum Gasteiger partial charge on any atom is -0.340 e. The molecular formula is C13H20N4O2. The Morgan fingerprint density at radius 3 is 2.47 bits per heavy atom. The zero-order valence-electron chi connectivity index (χ0n) is 11.3. The van der Waals surface area contributed by atoms with Crippen LogP contribution in [0, 0.1) is 11.3 Å². The highest BCUT2D eigenvalue weighted by molar-refractivity contribution is 5.79. The van der Waals surface area contributed by atoms with Crippen molar-refractivity contribution in [3.63, 3.8) is 0 Å². The van der Waals surface area contributed by atoms with Crippen LogP contribution in [0.25, 0.3) is 0 Å². The second-order valence-corrected chi connectivity index (χ2v) is 5.16. The molecule has 2 rings (SSSR count). The topological polar surface area (TPSA) is 67.7 Å². The summed E-state index contributed by atoms with van der Waals surface area (Å²) in [5.74, 6) is 0.135. The molecule has 104 valence electrons. The fourth-order valence-corrected chi connectivity index (χ4v) is 2.70. The van der Waals surface area contributed by atoms with Gasteiger partial charge in [-0.2, -0.15) is 5.26 Å². The first kappa shape index (κ1) is 13.8. The zero-order chi connectivity index (χ0) is 13.8. The van der Waals surface area contributed by atoms with Crippen LogP contribution in [0.4, 0.5) is 0 Å². The number of piperazine rings is 1. The van der Waals surface area contributed by atoms with Gasteiger partial charge in [-0.25, -0.2) is 0 Å². The summed E-state index contributed by atoms with van der Waals surface area (Å²) in [6.45, 7) is 5.47. The van der Waals surface area contributed by atoms with Crippen LogP contribution < -0.4 is 0 Å². The molecule has 2 fully saturated rings. The fourth-order valence-electron chi connectivity index (χ4n) is 2.70. The lowest BCUT2D eigenvalue weighted by Gasteiger charge is -2.34. The molecule has 19 heavy (non-hydrogen) atoms. The Balaban J connectivity index is 1.81. The molecule has 1 atom stereocenters. The van der Waals surface area contributed by atoms with Crippen molar-refractivity contribution in [3.8, 4) is 6.07 Å². The van der Waals surface area contributed by atoms with Gasteiger partial charge in [0.25, 0.3) is 0 Å². The highest BCUT2D eigenvalue weighted by Gasteiger charge is 2.30. The van der Waals surface area contributed by atoms with Crippen molar-refractivity contribution in [2.75, 3.05) is 39.3 Å². The first-order valence-corrected chi connectivity index (χ1v) is 6.79. The quantitative estimate of drug-likeness (QED) is 0.684. The fraction of sp³-hybridized carbons (Fsp3) is 0.769. The number of nitrogens with zero attached hydrogens (tertiary/aromatic N) is 4. The van der Waals surface area contributed by atoms with Crippen molar-refractivity contribution in [2.24, 2.45) is 0 Å². The molecule has 2 saturated heterocycles. The summed E-state index contributed by atoms with van der Waals surface area (Å²) in [4.78, 5) is 28.9. The number of amides is 2. The maximum absolute atomic E-state index is 12.2. The van der Waals surface area contributed by atoms with E-state index in [1.807, 2.05) is 0 Å². The molecule has 0 aromatic carbocycles. The molecule has 0 aromatic rings. The van der Waals surface area contributed by atoms with E-state index >= 15 is 0 Å². The van der Waals surface area contributed by atoms with Crippen LogP contribution in [0.3, 0.4) is 0 Å². The number of carbonyl (C=O) groups is 2. The Bertz CT molecular complexity index is 396. The van der Waals surface area contributed by atoms with Gasteiger partial charge in [0.15, 0.2) is 0 Å². The van der Waals surface area contributed by atoms with Crippen molar-refractivity contribution in [3.05, 3.63) is 0 Å². The maximum Gasteiger partial charge on any atom is 0.237 e. The normalized spacial score (nSPS) is 24.3. The molecule has 0 radical (unpaired) electrons. The Kier molecular flexibility index (Phi) is 4.38. The summed E-state index contributed by atoms with van der Waals surface area (Å²) >= 11 is 0. The van der Waals surface area contributed by atoms with Gasteiger partial charge in [-0.05, 0) is 12.8 Å². The number of likely N-dealkylation sites (tertiary alicyclic amines) is 1. The number of nitriles is 1. The van der Waals surface area contributed by atoms with Crippen LogP contribution in [0.1, 0.15) is 19.8 Å². The summed E-state index contributed by atoms with van der Waals surface area (Å²) in [6.07, 6.45) is 1.71. The Morgan fingerprint density at radius 1 is 1.21 bits per heavy atom. The first-order valence-electron chi connectivity index (χ1n) is 6.79. The minimum atomic E-state index is -0.244. The molecule has 0 aliphatic carbocycles. The van der Waals surface area contributed by atoms with E-state index in [0.717, 1.165) is 25.9 Å². The third-order valence-corrected chi connectivity index (χ3v) is 3.90. The van der Waals surface area contributed by atoms with Gasteiger partial charge in [0.1, 0.15) is 6.04 Å². The van der Waals surface area contributed by atoms with Crippen LogP contribution in [0.2, 0.25) is 0 Å². The molecule has 2 aliphatic rings. The van der Waals surface area contributed by atoms with Crippen molar-refractivity contribution < 1.29 is 9.59 Å². The van der Waals surface area contributed by atoms with Gasteiger partial charge >= 0.3 is 0 Å². The smallest absolute Gasteiger partial charge is 0.237 e. The van der Waals surface area contributed by atoms with Crippen LogP contribution in [-0.2, 0) is 9.59 Å². The largest absolute Gasteiger partial charge is 0.340 e. The van der Waals surface area contributed by atoms with E-state index in [1.54, 1.807) is 16.7 Å². The predicted octanol–water partition coefficient (Wildman–Crippen LogP) is -0.335. The molecule has 6 nitrogen and oxygen atoms in total. The van der Waals surface area contributed by atoms with E-state index in [2.05, 4.69) is 11.0 Å². The van der Waals surface area contributed by atoms with E-state index in [0.29, 0.717) is 26.2 Å². The summed E-state index contributed by atoms with van der Waals surface area (Å²) in [6, 6.07) is 1.94. The lowest BCUT2D eigenvalue weighted by molar-refractivity contribution is -0.134. The van der Waals surface area contributed by atoms with Crippen LogP contribution in [-0.4, -0.2) is 71.8 Å². The monoisotopic (exact) mass is 264 g/mol. The molecule has 2 amide bonds. The van der Waals surface area contributed by atoms with E-state index in [1.165, 1.54) is 0 Å². The SMILES string of the molecule is CC(=O)N1CCN(CC(=O)N2CCC[C@H]2C#N)CC1. The van der Waals surface area contributed by atoms with Crippen molar-refractivity contribution in [1.82, 2.24) is 14.7 Å². The van der Waals surface area contributed by atoms with Crippen molar-refractivity contribution >= 4 is 11.8 Å². The summed E-state index contributed by atoms with van der Waals surface area (Å²) in [5, 5.41) is 8.99. The molecular weight excluding hydrogens is 244 g/mol. The van der Waals surface area contributed by atoms with Gasteiger partial charge in [-0.15, -0.1) is 0 Å². The van der Waals surface area contributed by atoms with Crippen LogP contribution >= 0.6 is 0 Å². The average molecular weight is 264 g/mol. The third-order valence-electron chi connectivity index (χ3n) is 3.90. The number of rotatable bonds is 2. The van der Waals surface area contributed by atoms with Gasteiger partial charge in [0.05, 0.1) is 12.6 Å². The van der Waals surface area contributed by atoms with E-state index < -0.39 is 0 Å². The Morgan fingerprint density at radius 2 is 1.89 bits per heavy atom. The molecule has 2 heterocycles. The minimum absolute atomic E-state index is 0.0420. The zero-order valence-corrected chi connectivity index (χ0v) is 11.3. The molecule has 0 spiro atoms. The number of hydrogen-bond acceptors (Lipinski definition) is 4. The molecule has 6 heteroatoms. The highest BCUT2D eigenvalue weighted by atomic mass is 16.2. The standard InChI is InChI=1S/C13H20N4O2/c1-11(18)16-7-5-15(6-8-16)10-13(19)17-4-2-3-12(17)9-14/h12H,2-8,10H2,1H3/t12-/m0/s1. The van der Waals surface area contributed by atoms with E-state index in [9.17, 15) is 9.59 Å².